The quantitative estimate of drug-likeness (QED) is 0.601. The van der Waals surface area contributed by atoms with Crippen LogP contribution < -0.4 is 10.6 Å². The number of amides is 1. The summed E-state index contributed by atoms with van der Waals surface area (Å²) in [6.45, 7) is 1.48. The molecule has 2 N–H and O–H groups in total. The second-order valence-corrected chi connectivity index (χ2v) is 5.11. The molecule has 0 bridgehead atoms. The maximum absolute atomic E-state index is 11.4. The predicted molar refractivity (Wildman–Crippen MR) is 81.0 cm³/mol. The summed E-state index contributed by atoms with van der Waals surface area (Å²) in [5.41, 5.74) is 0. The number of carbonyl (C=O) groups excluding carboxylic acids is 1. The summed E-state index contributed by atoms with van der Waals surface area (Å²) < 4.78 is 0. The minimum Gasteiger partial charge on any atom is -0.355 e. The van der Waals surface area contributed by atoms with Crippen molar-refractivity contribution in [2.24, 2.45) is 0 Å². The van der Waals surface area contributed by atoms with Crippen molar-refractivity contribution >= 4 is 41.7 Å². The van der Waals surface area contributed by atoms with Crippen LogP contribution in [-0.4, -0.2) is 31.8 Å². The summed E-state index contributed by atoms with van der Waals surface area (Å²) in [6, 6.07) is 7.64. The molecule has 6 heteroatoms. The molecular formula is C12H18Cl2N2OS. The number of rotatable bonds is 7. The molecule has 0 aromatic heterocycles. The first kappa shape index (κ1) is 17.6. The van der Waals surface area contributed by atoms with Crippen molar-refractivity contribution in [3.63, 3.8) is 0 Å². The molecule has 0 radical (unpaired) electrons. The minimum atomic E-state index is 0. The van der Waals surface area contributed by atoms with Crippen LogP contribution in [0.4, 0.5) is 0 Å². The third kappa shape index (κ3) is 7.82. The van der Waals surface area contributed by atoms with Gasteiger partial charge in [-0.1, -0.05) is 11.6 Å². The van der Waals surface area contributed by atoms with Gasteiger partial charge in [0.2, 0.25) is 5.91 Å². The monoisotopic (exact) mass is 308 g/mol. The van der Waals surface area contributed by atoms with E-state index in [2.05, 4.69) is 10.6 Å². The molecule has 3 nitrogen and oxygen atoms in total. The lowest BCUT2D eigenvalue weighted by Gasteiger charge is -2.04. The van der Waals surface area contributed by atoms with E-state index in [0.717, 1.165) is 22.2 Å². The van der Waals surface area contributed by atoms with Gasteiger partial charge in [-0.05, 0) is 31.3 Å². The zero-order chi connectivity index (χ0) is 12.5. The van der Waals surface area contributed by atoms with Crippen LogP contribution >= 0.6 is 35.8 Å². The molecule has 0 heterocycles. The Bertz CT molecular complexity index is 346. The molecule has 0 atom stereocenters. The SMILES string of the molecule is CNCCNC(=O)CCSc1ccc(Cl)cc1.Cl. The van der Waals surface area contributed by atoms with Gasteiger partial charge in [0, 0.05) is 35.2 Å². The highest BCUT2D eigenvalue weighted by molar-refractivity contribution is 7.99. The highest BCUT2D eigenvalue weighted by Gasteiger charge is 2.01. The first-order valence-corrected chi connectivity index (χ1v) is 6.88. The lowest BCUT2D eigenvalue weighted by molar-refractivity contribution is -0.120. The largest absolute Gasteiger partial charge is 0.355 e. The van der Waals surface area contributed by atoms with Crippen LogP contribution in [0.3, 0.4) is 0 Å². The first-order chi connectivity index (χ1) is 8.22. The van der Waals surface area contributed by atoms with Gasteiger partial charge in [0.05, 0.1) is 0 Å². The van der Waals surface area contributed by atoms with Crippen molar-refractivity contribution in [3.8, 4) is 0 Å². The summed E-state index contributed by atoms with van der Waals surface area (Å²) in [5.74, 6) is 0.884. The zero-order valence-electron chi connectivity index (χ0n) is 10.2. The number of thioether (sulfide) groups is 1. The highest BCUT2D eigenvalue weighted by atomic mass is 35.5. The van der Waals surface area contributed by atoms with Gasteiger partial charge >= 0.3 is 0 Å². The summed E-state index contributed by atoms with van der Waals surface area (Å²) >= 11 is 7.45. The van der Waals surface area contributed by atoms with Crippen LogP contribution in [0.25, 0.3) is 0 Å². The highest BCUT2D eigenvalue weighted by Crippen LogP contribution is 2.20. The number of hydrogen-bond donors (Lipinski definition) is 2. The Morgan fingerprint density at radius 3 is 2.56 bits per heavy atom. The van der Waals surface area contributed by atoms with Crippen LogP contribution in [0.5, 0.6) is 0 Å². The average molecular weight is 309 g/mol. The maximum atomic E-state index is 11.4. The number of carbonyl (C=O) groups is 1. The predicted octanol–water partition coefficient (Wildman–Crippen LogP) is 2.58. The van der Waals surface area contributed by atoms with Gasteiger partial charge in [0.15, 0.2) is 0 Å². The van der Waals surface area contributed by atoms with Gasteiger partial charge < -0.3 is 10.6 Å². The molecule has 0 spiro atoms. The Hall–Kier alpha value is -0.420. The van der Waals surface area contributed by atoms with E-state index in [9.17, 15) is 4.79 Å². The van der Waals surface area contributed by atoms with Crippen molar-refractivity contribution in [1.82, 2.24) is 10.6 Å². The summed E-state index contributed by atoms with van der Waals surface area (Å²) in [5, 5.41) is 6.56. The molecule has 0 aliphatic rings. The first-order valence-electron chi connectivity index (χ1n) is 5.52. The van der Waals surface area contributed by atoms with E-state index < -0.39 is 0 Å². The lowest BCUT2D eigenvalue weighted by atomic mass is 10.4. The standard InChI is InChI=1S/C12H17ClN2OS.ClH/c1-14-7-8-15-12(16)6-9-17-11-4-2-10(13)3-5-11;/h2-5,14H,6-9H2,1H3,(H,15,16);1H. The molecule has 1 rings (SSSR count). The summed E-state index contributed by atoms with van der Waals surface area (Å²) in [7, 11) is 1.86. The average Bonchev–Trinajstić information content (AvgIpc) is 2.32. The van der Waals surface area contributed by atoms with Crippen LogP contribution in [0.2, 0.25) is 5.02 Å². The van der Waals surface area contributed by atoms with E-state index in [1.165, 1.54) is 0 Å². The van der Waals surface area contributed by atoms with Gasteiger partial charge in [0.25, 0.3) is 0 Å². The number of nitrogens with one attached hydrogen (secondary N) is 2. The number of hydrogen-bond acceptors (Lipinski definition) is 3. The molecule has 1 amide bonds. The number of halogens is 2. The number of benzene rings is 1. The molecule has 0 saturated heterocycles. The smallest absolute Gasteiger partial charge is 0.220 e. The molecule has 1 aromatic rings. The van der Waals surface area contributed by atoms with Crippen LogP contribution in [0.1, 0.15) is 6.42 Å². The maximum Gasteiger partial charge on any atom is 0.220 e. The van der Waals surface area contributed by atoms with E-state index in [0.29, 0.717) is 13.0 Å². The third-order valence-electron chi connectivity index (χ3n) is 2.11. The van der Waals surface area contributed by atoms with Gasteiger partial charge in [-0.3, -0.25) is 4.79 Å². The summed E-state index contributed by atoms with van der Waals surface area (Å²) in [6.07, 6.45) is 0.539. The second kappa shape index (κ2) is 10.5. The molecular weight excluding hydrogens is 291 g/mol. The third-order valence-corrected chi connectivity index (χ3v) is 3.37. The minimum absolute atomic E-state index is 0. The van der Waals surface area contributed by atoms with Crippen LogP contribution in [0.15, 0.2) is 29.2 Å². The van der Waals surface area contributed by atoms with Gasteiger partial charge in [0.1, 0.15) is 0 Å². The topological polar surface area (TPSA) is 41.1 Å². The molecule has 0 unspecified atom stereocenters. The van der Waals surface area contributed by atoms with Crippen molar-refractivity contribution in [1.29, 1.82) is 0 Å². The van der Waals surface area contributed by atoms with Crippen molar-refractivity contribution in [3.05, 3.63) is 29.3 Å². The van der Waals surface area contributed by atoms with Crippen LogP contribution in [0, 0.1) is 0 Å². The van der Waals surface area contributed by atoms with Gasteiger partial charge in [-0.2, -0.15) is 0 Å². The van der Waals surface area contributed by atoms with Gasteiger partial charge in [-0.15, -0.1) is 24.2 Å². The Labute approximate surface area is 123 Å². The summed E-state index contributed by atoms with van der Waals surface area (Å²) in [4.78, 5) is 12.5. The van der Waals surface area contributed by atoms with E-state index in [1.54, 1.807) is 11.8 Å². The fourth-order valence-electron chi connectivity index (χ4n) is 1.21. The fraction of sp³-hybridized carbons (Fsp3) is 0.417. The fourth-order valence-corrected chi connectivity index (χ4v) is 2.19. The second-order valence-electron chi connectivity index (χ2n) is 3.51. The molecule has 0 saturated carbocycles. The molecule has 102 valence electrons. The number of likely N-dealkylation sites (N-methyl/N-ethyl adjacent to an activating group) is 1. The van der Waals surface area contributed by atoms with Crippen LogP contribution in [-0.2, 0) is 4.79 Å². The molecule has 0 aliphatic heterocycles. The van der Waals surface area contributed by atoms with Crippen molar-refractivity contribution in [2.45, 2.75) is 11.3 Å². The molecule has 1 aromatic carbocycles. The normalized spacial score (nSPS) is 9.67. The zero-order valence-corrected chi connectivity index (χ0v) is 12.6. The Balaban J connectivity index is 0.00000289. The van der Waals surface area contributed by atoms with Crippen molar-refractivity contribution in [2.75, 3.05) is 25.9 Å². The molecule has 0 fully saturated rings. The van der Waals surface area contributed by atoms with E-state index in [-0.39, 0.29) is 18.3 Å². The molecule has 18 heavy (non-hydrogen) atoms. The Morgan fingerprint density at radius 1 is 1.28 bits per heavy atom. The van der Waals surface area contributed by atoms with E-state index in [1.807, 2.05) is 31.3 Å². The lowest BCUT2D eigenvalue weighted by Crippen LogP contribution is -2.30. The van der Waals surface area contributed by atoms with Gasteiger partial charge in [-0.25, -0.2) is 0 Å². The van der Waals surface area contributed by atoms with E-state index in [4.69, 9.17) is 11.6 Å². The molecule has 0 aliphatic carbocycles. The Morgan fingerprint density at radius 2 is 1.94 bits per heavy atom. The Kier molecular flexibility index (Phi) is 10.3. The van der Waals surface area contributed by atoms with Crippen molar-refractivity contribution < 1.29 is 4.79 Å². The van der Waals surface area contributed by atoms with E-state index >= 15 is 0 Å².